The predicted molar refractivity (Wildman–Crippen MR) is 175 cm³/mol. The first kappa shape index (κ1) is 33.6. The van der Waals surface area contributed by atoms with Gasteiger partial charge in [0.05, 0.1) is 34.1 Å². The Kier molecular flexibility index (Phi) is 9.31. The number of hydrogen-bond donors (Lipinski definition) is 4. The number of benzene rings is 2. The zero-order valence-corrected chi connectivity index (χ0v) is 27.7. The number of likely N-dealkylation sites (N-methyl/N-ethyl adjacent to an activating group) is 1. The van der Waals surface area contributed by atoms with Gasteiger partial charge in [-0.2, -0.15) is 0 Å². The number of carbonyl (C=O) groups is 3. The highest BCUT2D eigenvalue weighted by molar-refractivity contribution is 6.39. The molecule has 1 aliphatic carbocycles. The van der Waals surface area contributed by atoms with E-state index in [-0.39, 0.29) is 44.9 Å². The van der Waals surface area contributed by atoms with E-state index in [1.54, 1.807) is 0 Å². The Morgan fingerprint density at radius 2 is 1.79 bits per heavy atom. The molecule has 3 aliphatic rings. The number of hydrogen-bond acceptors (Lipinski definition) is 7. The van der Waals surface area contributed by atoms with Crippen LogP contribution in [0.15, 0.2) is 42.1 Å². The van der Waals surface area contributed by atoms with E-state index >= 15 is 8.78 Å². The molecule has 3 unspecified atom stereocenters. The van der Waals surface area contributed by atoms with Crippen LogP contribution in [-0.2, 0) is 16.0 Å². The van der Waals surface area contributed by atoms with Gasteiger partial charge in [-0.1, -0.05) is 23.2 Å². The van der Waals surface area contributed by atoms with Crippen LogP contribution in [0.1, 0.15) is 36.4 Å². The number of carbonyl (C=O) groups excluding carboxylic acids is 3. The summed E-state index contributed by atoms with van der Waals surface area (Å²) in [5.74, 6) is -2.17. The van der Waals surface area contributed by atoms with Gasteiger partial charge in [-0.25, -0.2) is 18.6 Å². The molecule has 0 spiro atoms. The number of pyridine rings is 1. The Bertz CT molecular complexity index is 1870. The van der Waals surface area contributed by atoms with Crippen molar-refractivity contribution in [3.8, 4) is 28.3 Å². The van der Waals surface area contributed by atoms with E-state index in [1.165, 1.54) is 39.5 Å². The molecule has 1 fully saturated rings. The zero-order chi connectivity index (χ0) is 34.4. The van der Waals surface area contributed by atoms with Crippen molar-refractivity contribution in [2.75, 3.05) is 33.1 Å². The Morgan fingerprint density at radius 3 is 2.48 bits per heavy atom. The standard InChI is InChI=1S/C33H32Cl2F2N6O5/c1-42-14-18(32(46)43(2)33(42)47)30(45)40-22-10-8-20(37)27(29(22)35)26-19(36)7-6-17(28(26)34)23-12-15-4-9-21(25(15)31(41-23)48-3)38-13-16-5-11-24(44)39-16/h6-8,10,12,14,16,21,32,38,46H,4-5,9,11,13H2,1-3H3,(H,39,44)(H,40,45). The summed E-state index contributed by atoms with van der Waals surface area (Å²) in [7, 11) is 4.24. The minimum Gasteiger partial charge on any atom is -0.481 e. The molecule has 15 heteroatoms. The van der Waals surface area contributed by atoms with Crippen LogP contribution >= 0.6 is 23.2 Å². The number of fused-ring (bicyclic) bond motifs is 1. The van der Waals surface area contributed by atoms with Crippen molar-refractivity contribution in [1.82, 2.24) is 25.4 Å². The first-order valence-corrected chi connectivity index (χ1v) is 15.9. The fraction of sp³-hybridized carbons (Fsp3) is 0.333. The smallest absolute Gasteiger partial charge is 0.325 e. The lowest BCUT2D eigenvalue weighted by Gasteiger charge is -2.33. The molecule has 6 rings (SSSR count). The van der Waals surface area contributed by atoms with Gasteiger partial charge in [-0.05, 0) is 55.2 Å². The van der Waals surface area contributed by atoms with Gasteiger partial charge >= 0.3 is 6.03 Å². The van der Waals surface area contributed by atoms with Gasteiger partial charge < -0.3 is 30.7 Å². The average molecular weight is 702 g/mol. The lowest BCUT2D eigenvalue weighted by Crippen LogP contribution is -2.49. The second-order valence-corrected chi connectivity index (χ2v) is 12.6. The van der Waals surface area contributed by atoms with Crippen LogP contribution in [0.3, 0.4) is 0 Å². The number of anilines is 1. The molecule has 1 aromatic heterocycles. The quantitative estimate of drug-likeness (QED) is 0.260. The first-order valence-electron chi connectivity index (χ1n) is 15.2. The van der Waals surface area contributed by atoms with Gasteiger partial charge in [0.25, 0.3) is 5.91 Å². The third-order valence-electron chi connectivity index (χ3n) is 8.85. The number of amides is 4. The monoisotopic (exact) mass is 700 g/mol. The molecule has 4 amide bonds. The molecule has 1 saturated heterocycles. The van der Waals surface area contributed by atoms with Crippen LogP contribution in [0.2, 0.25) is 10.0 Å². The highest BCUT2D eigenvalue weighted by Gasteiger charge is 2.34. The van der Waals surface area contributed by atoms with Gasteiger partial charge in [-0.3, -0.25) is 14.5 Å². The molecule has 4 N–H and O–H groups in total. The molecule has 2 aromatic carbocycles. The largest absolute Gasteiger partial charge is 0.481 e. The number of urea groups is 1. The number of aliphatic hydroxyl groups excluding tert-OH is 1. The van der Waals surface area contributed by atoms with Crippen molar-refractivity contribution < 1.29 is 33.0 Å². The Morgan fingerprint density at radius 1 is 1.08 bits per heavy atom. The molecule has 252 valence electrons. The lowest BCUT2D eigenvalue weighted by atomic mass is 9.98. The van der Waals surface area contributed by atoms with E-state index in [9.17, 15) is 19.5 Å². The molecule has 3 aromatic rings. The fourth-order valence-corrected chi connectivity index (χ4v) is 6.98. The van der Waals surface area contributed by atoms with E-state index in [0.717, 1.165) is 45.9 Å². The summed E-state index contributed by atoms with van der Waals surface area (Å²) >= 11 is 13.4. The maximum Gasteiger partial charge on any atom is 0.325 e. The Balaban J connectivity index is 1.32. The van der Waals surface area contributed by atoms with Gasteiger partial charge in [-0.15, -0.1) is 0 Å². The number of nitrogens with one attached hydrogen (secondary N) is 3. The Hall–Kier alpha value is -4.30. The van der Waals surface area contributed by atoms with E-state index in [1.807, 2.05) is 6.07 Å². The molecule has 0 saturated carbocycles. The summed E-state index contributed by atoms with van der Waals surface area (Å²) in [6.07, 6.45) is 2.38. The van der Waals surface area contributed by atoms with Crippen LogP contribution < -0.4 is 20.7 Å². The van der Waals surface area contributed by atoms with E-state index in [0.29, 0.717) is 36.5 Å². The number of ether oxygens (including phenoxy) is 1. The second-order valence-electron chi connectivity index (χ2n) is 11.9. The summed E-state index contributed by atoms with van der Waals surface area (Å²) < 4.78 is 36.7. The summed E-state index contributed by atoms with van der Waals surface area (Å²) in [5, 5.41) is 19.0. The highest BCUT2D eigenvalue weighted by Crippen LogP contribution is 2.46. The molecule has 0 bridgehead atoms. The van der Waals surface area contributed by atoms with Crippen molar-refractivity contribution in [2.45, 2.75) is 44.0 Å². The maximum absolute atomic E-state index is 15.5. The van der Waals surface area contributed by atoms with E-state index < -0.39 is 35.4 Å². The van der Waals surface area contributed by atoms with Gasteiger partial charge in [0, 0.05) is 67.6 Å². The van der Waals surface area contributed by atoms with Crippen molar-refractivity contribution in [3.63, 3.8) is 0 Å². The molecule has 11 nitrogen and oxygen atoms in total. The summed E-state index contributed by atoms with van der Waals surface area (Å²) in [4.78, 5) is 43.6. The summed E-state index contributed by atoms with van der Waals surface area (Å²) in [6.45, 7) is 0.603. The second kappa shape index (κ2) is 13.3. The number of rotatable bonds is 8. The third kappa shape index (κ3) is 6.07. The number of methoxy groups -OCH3 is 1. The molecular formula is C33H32Cl2F2N6O5. The molecule has 3 heterocycles. The number of aliphatic hydroxyl groups is 1. The minimum absolute atomic E-state index is 0.0439. The van der Waals surface area contributed by atoms with Crippen molar-refractivity contribution in [3.05, 3.63) is 74.9 Å². The molecule has 2 aliphatic heterocycles. The lowest BCUT2D eigenvalue weighted by molar-refractivity contribution is -0.119. The molecule has 0 radical (unpaired) electrons. The highest BCUT2D eigenvalue weighted by atomic mass is 35.5. The van der Waals surface area contributed by atoms with Crippen LogP contribution in [0.5, 0.6) is 5.88 Å². The first-order chi connectivity index (χ1) is 22.9. The van der Waals surface area contributed by atoms with Crippen LogP contribution in [0, 0.1) is 11.6 Å². The average Bonchev–Trinajstić information content (AvgIpc) is 3.68. The van der Waals surface area contributed by atoms with Gasteiger partial charge in [0.2, 0.25) is 11.8 Å². The Labute approximate surface area is 284 Å². The SMILES string of the molecule is COc1nc(-c2ccc(F)c(-c3c(F)ccc(NC(=O)C4=CN(C)C(=O)N(C)C4O)c3Cl)c2Cl)cc2c1C(NCC1CCC(=O)N1)CC2. The third-order valence-corrected chi connectivity index (χ3v) is 9.63. The van der Waals surface area contributed by atoms with Crippen LogP contribution in [-0.4, -0.2) is 77.8 Å². The van der Waals surface area contributed by atoms with Crippen LogP contribution in [0.4, 0.5) is 19.3 Å². The normalized spacial score (nSPS) is 20.5. The van der Waals surface area contributed by atoms with E-state index in [2.05, 4.69) is 16.0 Å². The summed E-state index contributed by atoms with van der Waals surface area (Å²) in [6, 6.07) is 6.08. The number of aryl methyl sites for hydroxylation is 1. The molecule has 3 atom stereocenters. The van der Waals surface area contributed by atoms with Gasteiger partial charge in [0.15, 0.2) is 6.23 Å². The van der Waals surface area contributed by atoms with Crippen molar-refractivity contribution >= 4 is 46.7 Å². The van der Waals surface area contributed by atoms with Crippen molar-refractivity contribution in [2.24, 2.45) is 0 Å². The topological polar surface area (TPSA) is 136 Å². The molecular weight excluding hydrogens is 669 g/mol. The van der Waals surface area contributed by atoms with E-state index in [4.69, 9.17) is 32.9 Å². The number of halogens is 4. The zero-order valence-electron chi connectivity index (χ0n) is 26.2. The molecule has 48 heavy (non-hydrogen) atoms. The fourth-order valence-electron chi connectivity index (χ4n) is 6.34. The number of nitrogens with zero attached hydrogens (tertiary/aromatic N) is 3. The predicted octanol–water partition coefficient (Wildman–Crippen LogP) is 5.00. The van der Waals surface area contributed by atoms with Crippen molar-refractivity contribution in [1.29, 1.82) is 0 Å². The van der Waals surface area contributed by atoms with Crippen LogP contribution in [0.25, 0.3) is 22.4 Å². The minimum atomic E-state index is -1.55. The van der Waals surface area contributed by atoms with Gasteiger partial charge in [0.1, 0.15) is 11.6 Å². The number of aromatic nitrogens is 1. The maximum atomic E-state index is 15.5. The summed E-state index contributed by atoms with van der Waals surface area (Å²) in [5.41, 5.74) is 1.54.